The van der Waals surface area contributed by atoms with Crippen LogP contribution in [-0.4, -0.2) is 9.97 Å². The molecular weight excluding hydrogens is 270 g/mol. The first-order valence-electron chi connectivity index (χ1n) is 5.70. The van der Waals surface area contributed by atoms with Crippen molar-refractivity contribution in [3.63, 3.8) is 0 Å². The van der Waals surface area contributed by atoms with E-state index in [-0.39, 0.29) is 11.6 Å². The first kappa shape index (κ1) is 12.1. The average Bonchev–Trinajstić information content (AvgIpc) is 2.74. The van der Waals surface area contributed by atoms with Crippen molar-refractivity contribution in [2.45, 2.75) is 6.42 Å². The fraction of sp³-hybridized carbons (Fsp3) is 0.0714. The van der Waals surface area contributed by atoms with Gasteiger partial charge in [-0.05, 0) is 35.9 Å². The van der Waals surface area contributed by atoms with Gasteiger partial charge in [0.05, 0.1) is 11.0 Å². The van der Waals surface area contributed by atoms with Crippen molar-refractivity contribution in [3.8, 4) is 0 Å². The Bertz CT molecular complexity index is 752. The zero-order chi connectivity index (χ0) is 13.4. The molecule has 0 saturated carbocycles. The zero-order valence-electron chi connectivity index (χ0n) is 9.75. The van der Waals surface area contributed by atoms with Gasteiger partial charge in [-0.25, -0.2) is 13.8 Å². The summed E-state index contributed by atoms with van der Waals surface area (Å²) in [6.07, 6.45) is 0.440. The Kier molecular flexibility index (Phi) is 2.95. The van der Waals surface area contributed by atoms with E-state index in [0.717, 1.165) is 5.56 Å². The Balaban J connectivity index is 1.96. The number of H-pyrrole nitrogens is 1. The summed E-state index contributed by atoms with van der Waals surface area (Å²) in [5, 5.41) is 0.353. The minimum absolute atomic E-state index is 0.317. The Morgan fingerprint density at radius 3 is 2.58 bits per heavy atom. The molecular formula is C14H9ClF2N2. The number of benzene rings is 2. The molecule has 0 aliphatic carbocycles. The summed E-state index contributed by atoms with van der Waals surface area (Å²) in [7, 11) is 0. The molecule has 0 spiro atoms. The van der Waals surface area contributed by atoms with Gasteiger partial charge < -0.3 is 4.98 Å². The number of hydrogen-bond acceptors (Lipinski definition) is 1. The number of nitrogens with zero attached hydrogens (tertiary/aromatic N) is 1. The molecule has 0 unspecified atom stereocenters. The molecule has 0 fully saturated rings. The Morgan fingerprint density at radius 2 is 1.79 bits per heavy atom. The second kappa shape index (κ2) is 4.63. The summed E-state index contributed by atoms with van der Waals surface area (Å²) in [5.74, 6) is -0.0305. The van der Waals surface area contributed by atoms with Crippen molar-refractivity contribution in [3.05, 3.63) is 64.4 Å². The number of rotatable bonds is 2. The lowest BCUT2D eigenvalue weighted by molar-refractivity contribution is 0.627. The summed E-state index contributed by atoms with van der Waals surface area (Å²) in [6, 6.07) is 8.58. The fourth-order valence-electron chi connectivity index (χ4n) is 1.96. The highest BCUT2D eigenvalue weighted by molar-refractivity contribution is 6.31. The van der Waals surface area contributed by atoms with Crippen molar-refractivity contribution in [2.24, 2.45) is 0 Å². The molecule has 3 aromatic rings. The topological polar surface area (TPSA) is 28.7 Å². The van der Waals surface area contributed by atoms with Crippen molar-refractivity contribution in [1.82, 2.24) is 9.97 Å². The summed E-state index contributed by atoms with van der Waals surface area (Å²) in [5.41, 5.74) is 2.09. The lowest BCUT2D eigenvalue weighted by Crippen LogP contribution is -1.92. The molecule has 0 saturated heterocycles. The van der Waals surface area contributed by atoms with Crippen LogP contribution in [0.25, 0.3) is 11.0 Å². The van der Waals surface area contributed by atoms with Gasteiger partial charge in [-0.15, -0.1) is 0 Å². The molecule has 2 nitrogen and oxygen atoms in total. The highest BCUT2D eigenvalue weighted by atomic mass is 35.5. The van der Waals surface area contributed by atoms with E-state index in [4.69, 9.17) is 11.6 Å². The predicted octanol–water partition coefficient (Wildman–Crippen LogP) is 4.09. The Hall–Kier alpha value is -1.94. The van der Waals surface area contributed by atoms with Gasteiger partial charge >= 0.3 is 0 Å². The Morgan fingerprint density at radius 1 is 1.05 bits per heavy atom. The zero-order valence-corrected chi connectivity index (χ0v) is 10.5. The van der Waals surface area contributed by atoms with Gasteiger partial charge in [0.25, 0.3) is 0 Å². The smallest absolute Gasteiger partial charge is 0.125 e. The lowest BCUT2D eigenvalue weighted by Gasteiger charge is -2.01. The monoisotopic (exact) mass is 278 g/mol. The van der Waals surface area contributed by atoms with E-state index >= 15 is 0 Å². The van der Waals surface area contributed by atoms with Crippen LogP contribution in [0.2, 0.25) is 5.02 Å². The molecule has 0 aliphatic rings. The van der Waals surface area contributed by atoms with Gasteiger partial charge in [0.15, 0.2) is 0 Å². The molecule has 0 radical (unpaired) electrons. The normalized spacial score (nSPS) is 11.1. The van der Waals surface area contributed by atoms with Gasteiger partial charge in [-0.1, -0.05) is 17.7 Å². The summed E-state index contributed by atoms with van der Waals surface area (Å²) >= 11 is 5.96. The molecule has 1 heterocycles. The van der Waals surface area contributed by atoms with Crippen LogP contribution in [0.15, 0.2) is 36.4 Å². The van der Waals surface area contributed by atoms with Crippen LogP contribution in [0.5, 0.6) is 0 Å². The third-order valence-corrected chi connectivity index (χ3v) is 3.22. The van der Waals surface area contributed by atoms with Gasteiger partial charge in [-0.3, -0.25) is 0 Å². The van der Waals surface area contributed by atoms with E-state index in [2.05, 4.69) is 9.97 Å². The summed E-state index contributed by atoms with van der Waals surface area (Å²) in [6.45, 7) is 0. The number of nitrogens with one attached hydrogen (secondary N) is 1. The molecule has 3 rings (SSSR count). The minimum Gasteiger partial charge on any atom is -0.342 e. The second-order valence-electron chi connectivity index (χ2n) is 4.26. The van der Waals surface area contributed by atoms with Crippen molar-refractivity contribution in [2.75, 3.05) is 0 Å². The first-order chi connectivity index (χ1) is 9.11. The quantitative estimate of drug-likeness (QED) is 0.751. The molecule has 0 bridgehead atoms. The molecule has 1 aromatic heterocycles. The summed E-state index contributed by atoms with van der Waals surface area (Å²) in [4.78, 5) is 7.36. The van der Waals surface area contributed by atoms with Crippen LogP contribution in [0.4, 0.5) is 8.78 Å². The number of imidazole rings is 1. The number of aromatic amines is 1. The highest BCUT2D eigenvalue weighted by Crippen LogP contribution is 2.21. The van der Waals surface area contributed by atoms with Crippen LogP contribution in [0.1, 0.15) is 11.4 Å². The standard InChI is InChI=1S/C14H9ClF2N2/c15-11-6-9(16)2-1-8(11)5-14-18-12-4-3-10(17)7-13(12)19-14/h1-4,6-7H,5H2,(H,18,19). The van der Waals surface area contributed by atoms with Crippen LogP contribution in [0.3, 0.4) is 0 Å². The number of hydrogen-bond donors (Lipinski definition) is 1. The van der Waals surface area contributed by atoms with E-state index < -0.39 is 0 Å². The number of halogens is 3. The average molecular weight is 279 g/mol. The van der Waals surface area contributed by atoms with E-state index in [9.17, 15) is 8.78 Å². The predicted molar refractivity (Wildman–Crippen MR) is 70.3 cm³/mol. The third kappa shape index (κ3) is 2.44. The highest BCUT2D eigenvalue weighted by Gasteiger charge is 2.08. The largest absolute Gasteiger partial charge is 0.342 e. The SMILES string of the molecule is Fc1ccc(Cc2nc3ccc(F)cc3[nH]2)c(Cl)c1. The van der Waals surface area contributed by atoms with E-state index in [1.54, 1.807) is 12.1 Å². The fourth-order valence-corrected chi connectivity index (χ4v) is 2.20. The molecule has 0 amide bonds. The second-order valence-corrected chi connectivity index (χ2v) is 4.66. The van der Waals surface area contributed by atoms with E-state index in [1.165, 1.54) is 24.3 Å². The lowest BCUT2D eigenvalue weighted by atomic mass is 10.1. The van der Waals surface area contributed by atoms with Crippen LogP contribution in [0, 0.1) is 11.6 Å². The molecule has 5 heteroatoms. The maximum absolute atomic E-state index is 13.1. The minimum atomic E-state index is -0.375. The summed E-state index contributed by atoms with van der Waals surface area (Å²) < 4.78 is 26.0. The maximum atomic E-state index is 13.1. The maximum Gasteiger partial charge on any atom is 0.125 e. The van der Waals surface area contributed by atoms with Crippen LogP contribution < -0.4 is 0 Å². The van der Waals surface area contributed by atoms with E-state index in [0.29, 0.717) is 28.3 Å². The van der Waals surface area contributed by atoms with Gasteiger partial charge in [0.2, 0.25) is 0 Å². The molecule has 96 valence electrons. The van der Waals surface area contributed by atoms with Gasteiger partial charge in [-0.2, -0.15) is 0 Å². The number of fused-ring (bicyclic) bond motifs is 1. The van der Waals surface area contributed by atoms with E-state index in [1.807, 2.05) is 0 Å². The first-order valence-corrected chi connectivity index (χ1v) is 6.08. The number of aromatic nitrogens is 2. The Labute approximate surface area is 113 Å². The molecule has 1 N–H and O–H groups in total. The van der Waals surface area contributed by atoms with Crippen LogP contribution in [-0.2, 0) is 6.42 Å². The molecule has 19 heavy (non-hydrogen) atoms. The van der Waals surface area contributed by atoms with Crippen LogP contribution >= 0.6 is 11.6 Å². The van der Waals surface area contributed by atoms with Crippen molar-refractivity contribution >= 4 is 22.6 Å². The third-order valence-electron chi connectivity index (χ3n) is 2.87. The van der Waals surface area contributed by atoms with Gasteiger partial charge in [0, 0.05) is 11.4 Å². The van der Waals surface area contributed by atoms with Gasteiger partial charge in [0.1, 0.15) is 17.5 Å². The molecule has 0 aliphatic heterocycles. The van der Waals surface area contributed by atoms with Crippen molar-refractivity contribution in [1.29, 1.82) is 0 Å². The molecule has 0 atom stereocenters. The van der Waals surface area contributed by atoms with Crippen molar-refractivity contribution < 1.29 is 8.78 Å². The molecule has 2 aromatic carbocycles.